The number of rotatable bonds is 7. The smallest absolute Gasteiger partial charge is 0.267 e. The highest BCUT2D eigenvalue weighted by Crippen LogP contribution is 2.11. The van der Waals surface area contributed by atoms with Crippen molar-refractivity contribution >= 4 is 17.4 Å². The molecule has 0 aliphatic carbocycles. The van der Waals surface area contributed by atoms with Gasteiger partial charge in [0.1, 0.15) is 11.6 Å². The van der Waals surface area contributed by atoms with E-state index in [1.165, 1.54) is 13.1 Å². The average molecular weight is 301 g/mol. The third-order valence-corrected chi connectivity index (χ3v) is 3.02. The zero-order valence-electron chi connectivity index (χ0n) is 12.7. The summed E-state index contributed by atoms with van der Waals surface area (Å²) in [6.45, 7) is 4.19. The zero-order valence-corrected chi connectivity index (χ0v) is 12.7. The van der Waals surface area contributed by atoms with Crippen LogP contribution in [0.3, 0.4) is 0 Å². The predicted molar refractivity (Wildman–Crippen MR) is 83.1 cm³/mol. The van der Waals surface area contributed by atoms with Gasteiger partial charge in [0.2, 0.25) is 0 Å². The second-order valence-corrected chi connectivity index (χ2v) is 4.59. The molecule has 1 aromatic carbocycles. The molecule has 6 heteroatoms. The number of hydrogen-bond donors (Lipinski definition) is 2. The molecule has 0 aliphatic heterocycles. The molecule has 0 fully saturated rings. The van der Waals surface area contributed by atoms with Gasteiger partial charge in [0.15, 0.2) is 5.78 Å². The summed E-state index contributed by atoms with van der Waals surface area (Å²) >= 11 is 0. The predicted octanol–water partition coefficient (Wildman–Crippen LogP) is 1.55. The van der Waals surface area contributed by atoms with Crippen molar-refractivity contribution in [1.82, 2.24) is 4.90 Å². The molecule has 0 bridgehead atoms. The summed E-state index contributed by atoms with van der Waals surface area (Å²) in [6, 6.07) is 8.28. The van der Waals surface area contributed by atoms with E-state index in [0.29, 0.717) is 24.3 Å². The molecule has 0 unspecified atom stereocenters. The van der Waals surface area contributed by atoms with Crippen LogP contribution >= 0.6 is 0 Å². The number of anilines is 1. The minimum atomic E-state index is -0.533. The molecule has 0 saturated heterocycles. The first-order valence-corrected chi connectivity index (χ1v) is 6.91. The van der Waals surface area contributed by atoms with Crippen molar-refractivity contribution in [2.24, 2.45) is 0 Å². The van der Waals surface area contributed by atoms with E-state index in [-0.39, 0.29) is 18.0 Å². The Bertz CT molecular complexity index is 600. The third-order valence-electron chi connectivity index (χ3n) is 3.02. The maximum Gasteiger partial charge on any atom is 0.267 e. The highest BCUT2D eigenvalue weighted by atomic mass is 16.3. The maximum absolute atomic E-state index is 12.1. The normalized spacial score (nSPS) is 10.7. The van der Waals surface area contributed by atoms with E-state index in [9.17, 15) is 9.59 Å². The second kappa shape index (κ2) is 8.60. The zero-order chi connectivity index (χ0) is 16.5. The van der Waals surface area contributed by atoms with Gasteiger partial charge < -0.3 is 15.3 Å². The molecule has 22 heavy (non-hydrogen) atoms. The number of Topliss-reactive ketones (excluding diaryl/α,β-unsaturated/α-hetero) is 1. The van der Waals surface area contributed by atoms with E-state index in [2.05, 4.69) is 5.32 Å². The number of carbonyl (C=O) groups is 2. The first kappa shape index (κ1) is 17.4. The Morgan fingerprint density at radius 2 is 2.00 bits per heavy atom. The Kier molecular flexibility index (Phi) is 6.80. The number of nitrogens with zero attached hydrogens (tertiary/aromatic N) is 2. The fourth-order valence-corrected chi connectivity index (χ4v) is 1.75. The summed E-state index contributed by atoms with van der Waals surface area (Å²) < 4.78 is 0. The van der Waals surface area contributed by atoms with Crippen LogP contribution in [0.5, 0.6) is 0 Å². The monoisotopic (exact) mass is 301 g/mol. The lowest BCUT2D eigenvalue weighted by Gasteiger charge is -2.17. The molecular weight excluding hydrogens is 282 g/mol. The first-order chi connectivity index (χ1) is 10.5. The Morgan fingerprint density at radius 3 is 2.45 bits per heavy atom. The van der Waals surface area contributed by atoms with Crippen LogP contribution in [0.25, 0.3) is 0 Å². The summed E-state index contributed by atoms with van der Waals surface area (Å²) in [5, 5.41) is 20.6. The van der Waals surface area contributed by atoms with E-state index >= 15 is 0 Å². The van der Waals surface area contributed by atoms with Crippen LogP contribution in [0.15, 0.2) is 36.0 Å². The molecule has 0 atom stereocenters. The summed E-state index contributed by atoms with van der Waals surface area (Å²) in [6.07, 6.45) is 1.43. The number of nitrogens with one attached hydrogen (secondary N) is 1. The number of nitriles is 1. The molecule has 0 radical (unpaired) electrons. The number of ketones is 1. The number of benzene rings is 1. The number of likely N-dealkylation sites (N-methyl/N-ethyl adjacent to an activating group) is 1. The van der Waals surface area contributed by atoms with Gasteiger partial charge in [-0.15, -0.1) is 0 Å². The molecule has 0 heterocycles. The van der Waals surface area contributed by atoms with Crippen LogP contribution in [0.2, 0.25) is 0 Å². The molecule has 116 valence electrons. The van der Waals surface area contributed by atoms with Gasteiger partial charge in [0, 0.05) is 30.5 Å². The molecule has 0 spiro atoms. The first-order valence-electron chi connectivity index (χ1n) is 6.91. The summed E-state index contributed by atoms with van der Waals surface area (Å²) in [5.74, 6) is -0.590. The molecule has 6 nitrogen and oxygen atoms in total. The van der Waals surface area contributed by atoms with E-state index < -0.39 is 5.91 Å². The summed E-state index contributed by atoms with van der Waals surface area (Å²) in [7, 11) is 0. The van der Waals surface area contributed by atoms with Crippen molar-refractivity contribution in [1.29, 1.82) is 5.26 Å². The van der Waals surface area contributed by atoms with E-state index in [1.807, 2.05) is 13.0 Å². The van der Waals surface area contributed by atoms with Crippen molar-refractivity contribution in [2.75, 3.05) is 25.0 Å². The van der Waals surface area contributed by atoms with Gasteiger partial charge in [-0.25, -0.2) is 0 Å². The Labute approximate surface area is 129 Å². The van der Waals surface area contributed by atoms with Gasteiger partial charge in [-0.1, -0.05) is 0 Å². The summed E-state index contributed by atoms with van der Waals surface area (Å²) in [4.78, 5) is 24.9. The topological polar surface area (TPSA) is 93.4 Å². The molecule has 0 aromatic heterocycles. The van der Waals surface area contributed by atoms with Crippen LogP contribution in [0.1, 0.15) is 24.2 Å². The minimum Gasteiger partial charge on any atom is -0.395 e. The van der Waals surface area contributed by atoms with Crippen molar-refractivity contribution in [3.63, 3.8) is 0 Å². The number of hydrogen-bond acceptors (Lipinski definition) is 5. The van der Waals surface area contributed by atoms with Crippen LogP contribution in [-0.2, 0) is 4.79 Å². The molecule has 0 saturated carbocycles. The van der Waals surface area contributed by atoms with Crippen LogP contribution in [-0.4, -0.2) is 41.4 Å². The number of amides is 1. The van der Waals surface area contributed by atoms with E-state index in [1.54, 1.807) is 29.2 Å². The third kappa shape index (κ3) is 5.04. The van der Waals surface area contributed by atoms with Gasteiger partial charge in [0.05, 0.1) is 6.61 Å². The highest BCUT2D eigenvalue weighted by molar-refractivity contribution is 6.06. The lowest BCUT2D eigenvalue weighted by molar-refractivity contribution is -0.112. The van der Waals surface area contributed by atoms with Crippen molar-refractivity contribution in [3.05, 3.63) is 41.6 Å². The standard InChI is InChI=1S/C16H19N3O3/c1-3-19(8-9-20)11-14(10-17)16(22)18-15-6-4-13(5-7-15)12(2)21/h4-7,11,20H,3,8-9H2,1-2H3,(H,18,22)/b14-11-. The molecule has 1 aromatic rings. The number of aliphatic hydroxyl groups excluding tert-OH is 1. The van der Waals surface area contributed by atoms with Crippen LogP contribution < -0.4 is 5.32 Å². The van der Waals surface area contributed by atoms with Crippen molar-refractivity contribution < 1.29 is 14.7 Å². The molecule has 1 rings (SSSR count). The van der Waals surface area contributed by atoms with Crippen LogP contribution in [0.4, 0.5) is 5.69 Å². The minimum absolute atomic E-state index is 0.0501. The molecular formula is C16H19N3O3. The second-order valence-electron chi connectivity index (χ2n) is 4.59. The summed E-state index contributed by atoms with van der Waals surface area (Å²) in [5.41, 5.74) is 1.00. The Morgan fingerprint density at radius 1 is 1.36 bits per heavy atom. The SMILES string of the molecule is CCN(/C=C(/C#N)C(=O)Nc1ccc(C(C)=O)cc1)CCO. The highest BCUT2D eigenvalue weighted by Gasteiger charge is 2.11. The van der Waals surface area contributed by atoms with Gasteiger partial charge in [-0.3, -0.25) is 9.59 Å². The molecule has 2 N–H and O–H groups in total. The lowest BCUT2D eigenvalue weighted by atomic mass is 10.1. The Balaban J connectivity index is 2.83. The molecule has 1 amide bonds. The largest absolute Gasteiger partial charge is 0.395 e. The van der Waals surface area contributed by atoms with Crippen molar-refractivity contribution in [2.45, 2.75) is 13.8 Å². The van der Waals surface area contributed by atoms with E-state index in [4.69, 9.17) is 10.4 Å². The van der Waals surface area contributed by atoms with Gasteiger partial charge >= 0.3 is 0 Å². The van der Waals surface area contributed by atoms with Crippen LogP contribution in [0, 0.1) is 11.3 Å². The average Bonchev–Trinajstić information content (AvgIpc) is 2.51. The Hall–Kier alpha value is -2.65. The fraction of sp³-hybridized carbons (Fsp3) is 0.312. The van der Waals surface area contributed by atoms with Crippen molar-refractivity contribution in [3.8, 4) is 6.07 Å². The van der Waals surface area contributed by atoms with E-state index in [0.717, 1.165) is 0 Å². The van der Waals surface area contributed by atoms with Gasteiger partial charge in [0.25, 0.3) is 5.91 Å². The van der Waals surface area contributed by atoms with Gasteiger partial charge in [-0.2, -0.15) is 5.26 Å². The lowest BCUT2D eigenvalue weighted by Crippen LogP contribution is -2.23. The fourth-order valence-electron chi connectivity index (χ4n) is 1.75. The quantitative estimate of drug-likeness (QED) is 0.453. The molecule has 0 aliphatic rings. The number of aliphatic hydroxyl groups is 1. The number of carbonyl (C=O) groups excluding carboxylic acids is 2. The van der Waals surface area contributed by atoms with Gasteiger partial charge in [-0.05, 0) is 38.1 Å². The maximum atomic E-state index is 12.1.